The largest absolute Gasteiger partial charge is 0.384 e. The van der Waals surface area contributed by atoms with E-state index in [4.69, 9.17) is 0 Å². The Bertz CT molecular complexity index is 616. The van der Waals surface area contributed by atoms with Gasteiger partial charge in [0.25, 0.3) is 0 Å². The highest BCUT2D eigenvalue weighted by Gasteiger charge is 2.15. The molecular formula is C12H19NO4S2. The van der Waals surface area contributed by atoms with Crippen LogP contribution in [0.25, 0.3) is 0 Å². The second kappa shape index (κ2) is 5.92. The number of sulfone groups is 2. The Kier molecular flexibility index (Phi) is 4.98. The van der Waals surface area contributed by atoms with Crippen LogP contribution in [0.4, 0.5) is 5.69 Å². The predicted octanol–water partition coefficient (Wildman–Crippen LogP) is 1.33. The third-order valence-corrected chi connectivity index (χ3v) is 6.05. The molecule has 1 aromatic rings. The summed E-state index contributed by atoms with van der Waals surface area (Å²) in [6, 6.07) is 6.24. The lowest BCUT2D eigenvalue weighted by Crippen LogP contribution is -2.22. The van der Waals surface area contributed by atoms with Crippen molar-refractivity contribution in [3.8, 4) is 0 Å². The Balaban J connectivity index is 2.61. The van der Waals surface area contributed by atoms with Gasteiger partial charge in [-0.05, 0) is 38.1 Å². The third-order valence-electron chi connectivity index (χ3n) is 2.72. The molecule has 0 bridgehead atoms. The van der Waals surface area contributed by atoms with Gasteiger partial charge in [-0.2, -0.15) is 0 Å². The summed E-state index contributed by atoms with van der Waals surface area (Å²) in [5.74, 6) is 0.0541. The van der Waals surface area contributed by atoms with Crippen molar-refractivity contribution >= 4 is 25.4 Å². The first-order valence-corrected chi connectivity index (χ1v) is 9.49. The molecule has 7 heteroatoms. The number of benzene rings is 1. The van der Waals surface area contributed by atoms with Crippen LogP contribution in [0.15, 0.2) is 29.2 Å². The Labute approximate surface area is 114 Å². The van der Waals surface area contributed by atoms with Crippen LogP contribution in [0.1, 0.15) is 13.8 Å². The summed E-state index contributed by atoms with van der Waals surface area (Å²) in [6.07, 6.45) is 1.14. The zero-order valence-corrected chi connectivity index (χ0v) is 12.9. The quantitative estimate of drug-likeness (QED) is 0.857. The van der Waals surface area contributed by atoms with Crippen molar-refractivity contribution in [1.82, 2.24) is 0 Å². The average molecular weight is 305 g/mol. The Hall–Kier alpha value is -1.08. The maximum atomic E-state index is 11.6. The first-order valence-electron chi connectivity index (χ1n) is 5.88. The molecule has 5 nitrogen and oxygen atoms in total. The highest BCUT2D eigenvalue weighted by molar-refractivity contribution is 7.92. The van der Waals surface area contributed by atoms with Crippen molar-refractivity contribution in [3.63, 3.8) is 0 Å². The zero-order chi connectivity index (χ0) is 14.7. The fourth-order valence-electron chi connectivity index (χ4n) is 1.39. The second-order valence-electron chi connectivity index (χ2n) is 4.64. The van der Waals surface area contributed by atoms with E-state index in [9.17, 15) is 16.8 Å². The van der Waals surface area contributed by atoms with Gasteiger partial charge < -0.3 is 5.32 Å². The second-order valence-corrected chi connectivity index (χ2v) is 9.33. The molecule has 0 unspecified atom stereocenters. The van der Waals surface area contributed by atoms with Gasteiger partial charge in [-0.15, -0.1) is 0 Å². The highest BCUT2D eigenvalue weighted by atomic mass is 32.2. The van der Waals surface area contributed by atoms with Crippen LogP contribution in [-0.2, 0) is 19.7 Å². The molecule has 0 spiro atoms. The smallest absolute Gasteiger partial charge is 0.175 e. The third kappa shape index (κ3) is 4.83. The lowest BCUT2D eigenvalue weighted by Gasteiger charge is -2.09. The van der Waals surface area contributed by atoms with Crippen LogP contribution < -0.4 is 5.32 Å². The number of hydrogen-bond acceptors (Lipinski definition) is 5. The molecule has 0 atom stereocenters. The maximum Gasteiger partial charge on any atom is 0.175 e. The van der Waals surface area contributed by atoms with E-state index >= 15 is 0 Å². The van der Waals surface area contributed by atoms with Crippen molar-refractivity contribution in [2.75, 3.05) is 23.9 Å². The summed E-state index contributed by atoms with van der Waals surface area (Å²) in [6.45, 7) is 3.60. The van der Waals surface area contributed by atoms with Gasteiger partial charge >= 0.3 is 0 Å². The summed E-state index contributed by atoms with van der Waals surface area (Å²) in [5, 5.41) is 2.57. The number of anilines is 1. The van der Waals surface area contributed by atoms with Crippen LogP contribution in [0.3, 0.4) is 0 Å². The Morgan fingerprint density at radius 3 is 2.00 bits per heavy atom. The molecule has 0 aliphatic heterocycles. The van der Waals surface area contributed by atoms with Crippen molar-refractivity contribution in [2.24, 2.45) is 0 Å². The molecule has 0 aliphatic rings. The Morgan fingerprint density at radius 1 is 1.05 bits per heavy atom. The van der Waals surface area contributed by atoms with Crippen molar-refractivity contribution < 1.29 is 16.8 Å². The lowest BCUT2D eigenvalue weighted by atomic mass is 10.3. The molecule has 0 amide bonds. The van der Waals surface area contributed by atoms with E-state index in [0.717, 1.165) is 6.26 Å². The molecule has 1 N–H and O–H groups in total. The summed E-state index contributed by atoms with van der Waals surface area (Å²) >= 11 is 0. The van der Waals surface area contributed by atoms with Crippen molar-refractivity contribution in [3.05, 3.63) is 24.3 Å². The summed E-state index contributed by atoms with van der Waals surface area (Å²) in [7, 11) is -6.26. The molecule has 0 fully saturated rings. The van der Waals surface area contributed by atoms with E-state index < -0.39 is 19.7 Å². The lowest BCUT2D eigenvalue weighted by molar-refractivity contribution is 0.587. The summed E-state index contributed by atoms with van der Waals surface area (Å²) < 4.78 is 45.7. The Morgan fingerprint density at radius 2 is 1.58 bits per heavy atom. The van der Waals surface area contributed by atoms with E-state index in [0.29, 0.717) is 12.2 Å². The molecule has 1 aromatic carbocycles. The number of rotatable bonds is 6. The molecule has 0 aliphatic carbocycles. The van der Waals surface area contributed by atoms with Crippen LogP contribution in [0.2, 0.25) is 0 Å². The zero-order valence-electron chi connectivity index (χ0n) is 11.3. The number of nitrogens with one attached hydrogen (secondary N) is 1. The molecular weight excluding hydrogens is 286 g/mol. The molecule has 0 saturated heterocycles. The molecule has 19 heavy (non-hydrogen) atoms. The first-order chi connectivity index (χ1) is 8.63. The minimum absolute atomic E-state index is 0.0541. The predicted molar refractivity (Wildman–Crippen MR) is 77.0 cm³/mol. The highest BCUT2D eigenvalue weighted by Crippen LogP contribution is 2.13. The minimum atomic E-state index is -3.20. The molecule has 0 radical (unpaired) electrons. The monoisotopic (exact) mass is 305 g/mol. The molecule has 0 saturated carbocycles. The van der Waals surface area contributed by atoms with Crippen LogP contribution in [-0.4, -0.2) is 40.6 Å². The number of hydrogen-bond donors (Lipinski definition) is 1. The van der Waals surface area contributed by atoms with Crippen LogP contribution in [0, 0.1) is 0 Å². The normalized spacial score (nSPS) is 12.6. The van der Waals surface area contributed by atoms with Gasteiger partial charge in [0.1, 0.15) is 0 Å². The van der Waals surface area contributed by atoms with Gasteiger partial charge in [0, 0.05) is 18.5 Å². The maximum absolute atomic E-state index is 11.6. The summed E-state index contributed by atoms with van der Waals surface area (Å²) in [5.41, 5.74) is 0.700. The fourth-order valence-corrected chi connectivity index (χ4v) is 2.88. The van der Waals surface area contributed by atoms with Crippen LogP contribution >= 0.6 is 0 Å². The van der Waals surface area contributed by atoms with Gasteiger partial charge in [-0.1, -0.05) is 0 Å². The van der Waals surface area contributed by atoms with Gasteiger partial charge in [0.2, 0.25) is 0 Å². The fraction of sp³-hybridized carbons (Fsp3) is 0.500. The molecule has 1 rings (SSSR count). The SMILES string of the molecule is CC(C)S(=O)(=O)CCNc1ccc(S(C)(=O)=O)cc1. The molecule has 0 aromatic heterocycles. The van der Waals surface area contributed by atoms with Gasteiger partial charge in [-0.25, -0.2) is 16.8 Å². The van der Waals surface area contributed by atoms with E-state index in [1.165, 1.54) is 12.1 Å². The summed E-state index contributed by atoms with van der Waals surface area (Å²) in [4.78, 5) is 0.243. The van der Waals surface area contributed by atoms with E-state index in [1.54, 1.807) is 26.0 Å². The van der Waals surface area contributed by atoms with E-state index in [2.05, 4.69) is 5.32 Å². The van der Waals surface area contributed by atoms with Gasteiger partial charge in [0.15, 0.2) is 19.7 Å². The van der Waals surface area contributed by atoms with Crippen molar-refractivity contribution in [1.29, 1.82) is 0 Å². The standard InChI is InChI=1S/C12H19NO4S2/c1-10(2)19(16,17)9-8-13-11-4-6-12(7-5-11)18(3,14)15/h4-7,10,13H,8-9H2,1-3H3. The topological polar surface area (TPSA) is 80.3 Å². The van der Waals surface area contributed by atoms with Crippen molar-refractivity contribution in [2.45, 2.75) is 24.0 Å². The molecule has 108 valence electrons. The average Bonchev–Trinajstić information content (AvgIpc) is 2.28. The first kappa shape index (κ1) is 16.0. The molecule has 0 heterocycles. The minimum Gasteiger partial charge on any atom is -0.384 e. The van der Waals surface area contributed by atoms with E-state index in [-0.39, 0.29) is 15.9 Å². The van der Waals surface area contributed by atoms with E-state index in [1.807, 2.05) is 0 Å². The van der Waals surface area contributed by atoms with Gasteiger partial charge in [0.05, 0.1) is 15.9 Å². The van der Waals surface area contributed by atoms with Crippen LogP contribution in [0.5, 0.6) is 0 Å². The van der Waals surface area contributed by atoms with Gasteiger partial charge in [-0.3, -0.25) is 0 Å².